The number of carbonyl (C=O) groups excluding carboxylic acids is 1. The third-order valence-corrected chi connectivity index (χ3v) is 3.94. The Morgan fingerprint density at radius 1 is 1.61 bits per heavy atom. The van der Waals surface area contributed by atoms with Crippen LogP contribution in [-0.2, 0) is 4.74 Å². The van der Waals surface area contributed by atoms with Crippen LogP contribution in [0.1, 0.15) is 35.6 Å². The third kappa shape index (κ3) is 4.49. The molecule has 0 aliphatic carbocycles. The average molecular weight is 288 g/mol. The highest BCUT2D eigenvalue weighted by Gasteiger charge is 2.17. The van der Waals surface area contributed by atoms with Crippen molar-refractivity contribution in [3.05, 3.63) is 10.6 Å². The van der Waals surface area contributed by atoms with Crippen molar-refractivity contribution in [2.75, 3.05) is 23.9 Å². The van der Waals surface area contributed by atoms with Gasteiger partial charge in [-0.2, -0.15) is 11.8 Å². The maximum Gasteiger partial charge on any atom is 0.358 e. The summed E-state index contributed by atoms with van der Waals surface area (Å²) in [5.74, 6) is 0.777. The van der Waals surface area contributed by atoms with E-state index in [4.69, 9.17) is 4.74 Å². The van der Waals surface area contributed by atoms with Gasteiger partial charge in [0.2, 0.25) is 0 Å². The Morgan fingerprint density at radius 3 is 2.94 bits per heavy atom. The first-order chi connectivity index (χ1) is 8.58. The molecule has 18 heavy (non-hydrogen) atoms. The number of aromatic nitrogens is 1. The SMILES string of the molecule is CCOC(=O)c1nc(NC(C)CCSC)sc1C. The molecular formula is C12H20N2O2S2. The number of nitrogens with zero attached hydrogens (tertiary/aromatic N) is 1. The van der Waals surface area contributed by atoms with Gasteiger partial charge < -0.3 is 10.1 Å². The van der Waals surface area contributed by atoms with E-state index in [1.807, 2.05) is 18.7 Å². The first-order valence-corrected chi connectivity index (χ1v) is 8.19. The summed E-state index contributed by atoms with van der Waals surface area (Å²) in [6.45, 7) is 6.19. The molecular weight excluding hydrogens is 268 g/mol. The minimum Gasteiger partial charge on any atom is -0.461 e. The Labute approximate surface area is 117 Å². The van der Waals surface area contributed by atoms with Gasteiger partial charge in [0.15, 0.2) is 10.8 Å². The molecule has 0 saturated heterocycles. The van der Waals surface area contributed by atoms with Gasteiger partial charge >= 0.3 is 5.97 Å². The molecule has 1 aromatic rings. The molecule has 6 heteroatoms. The maximum absolute atomic E-state index is 11.6. The summed E-state index contributed by atoms with van der Waals surface area (Å²) in [6, 6.07) is 0.359. The minimum atomic E-state index is -0.337. The van der Waals surface area contributed by atoms with Crippen molar-refractivity contribution < 1.29 is 9.53 Å². The van der Waals surface area contributed by atoms with Gasteiger partial charge in [-0.3, -0.25) is 0 Å². The number of thioether (sulfide) groups is 1. The number of carbonyl (C=O) groups is 1. The van der Waals surface area contributed by atoms with E-state index >= 15 is 0 Å². The zero-order chi connectivity index (χ0) is 13.5. The molecule has 0 spiro atoms. The number of aryl methyl sites for hydroxylation is 1. The van der Waals surface area contributed by atoms with Crippen LogP contribution in [0.5, 0.6) is 0 Å². The van der Waals surface area contributed by atoms with Crippen molar-refractivity contribution in [1.29, 1.82) is 0 Å². The monoisotopic (exact) mass is 288 g/mol. The van der Waals surface area contributed by atoms with Crippen molar-refractivity contribution in [3.8, 4) is 0 Å². The number of hydrogen-bond acceptors (Lipinski definition) is 6. The van der Waals surface area contributed by atoms with Crippen molar-refractivity contribution in [2.24, 2.45) is 0 Å². The van der Waals surface area contributed by atoms with Gasteiger partial charge in [0, 0.05) is 10.9 Å². The fourth-order valence-corrected chi connectivity index (χ4v) is 2.93. The minimum absolute atomic E-state index is 0.337. The molecule has 0 aliphatic heterocycles. The number of nitrogens with one attached hydrogen (secondary N) is 1. The molecule has 0 bridgehead atoms. The van der Waals surface area contributed by atoms with Gasteiger partial charge in [-0.15, -0.1) is 11.3 Å². The van der Waals surface area contributed by atoms with Crippen LogP contribution in [0.2, 0.25) is 0 Å². The van der Waals surface area contributed by atoms with Gasteiger partial charge in [-0.25, -0.2) is 9.78 Å². The standard InChI is InChI=1S/C12H20N2O2S2/c1-5-16-11(15)10-9(3)18-12(14-10)13-8(2)6-7-17-4/h8H,5-7H2,1-4H3,(H,13,14). The number of hydrogen-bond donors (Lipinski definition) is 1. The second kappa shape index (κ2) is 7.63. The highest BCUT2D eigenvalue weighted by molar-refractivity contribution is 7.98. The predicted molar refractivity (Wildman–Crippen MR) is 78.9 cm³/mol. The van der Waals surface area contributed by atoms with Crippen molar-refractivity contribution in [1.82, 2.24) is 4.98 Å². The molecule has 1 rings (SSSR count). The number of ether oxygens (including phenoxy) is 1. The Kier molecular flexibility index (Phi) is 6.49. The molecule has 0 amide bonds. The lowest BCUT2D eigenvalue weighted by Gasteiger charge is -2.11. The molecule has 0 aliphatic rings. The lowest BCUT2D eigenvalue weighted by molar-refractivity contribution is 0.0519. The van der Waals surface area contributed by atoms with Gasteiger partial charge in [-0.05, 0) is 39.2 Å². The predicted octanol–water partition coefficient (Wildman–Crippen LogP) is 3.18. The zero-order valence-corrected chi connectivity index (χ0v) is 12.9. The second-order valence-corrected chi connectivity index (χ2v) is 6.16. The molecule has 1 heterocycles. The Morgan fingerprint density at radius 2 is 2.33 bits per heavy atom. The molecule has 1 unspecified atom stereocenters. The van der Waals surface area contributed by atoms with Crippen LogP contribution in [0.4, 0.5) is 5.13 Å². The molecule has 0 aromatic carbocycles. The van der Waals surface area contributed by atoms with E-state index in [1.165, 1.54) is 11.3 Å². The fourth-order valence-electron chi connectivity index (χ4n) is 1.42. The quantitative estimate of drug-likeness (QED) is 0.781. The van der Waals surface area contributed by atoms with E-state index in [2.05, 4.69) is 23.5 Å². The lowest BCUT2D eigenvalue weighted by Crippen LogP contribution is -2.16. The van der Waals surface area contributed by atoms with E-state index in [-0.39, 0.29) is 5.97 Å². The van der Waals surface area contributed by atoms with Gasteiger partial charge in [0.05, 0.1) is 6.61 Å². The van der Waals surface area contributed by atoms with E-state index in [0.717, 1.165) is 22.2 Å². The highest BCUT2D eigenvalue weighted by Crippen LogP contribution is 2.23. The number of anilines is 1. The molecule has 0 radical (unpaired) electrons. The smallest absolute Gasteiger partial charge is 0.358 e. The van der Waals surface area contributed by atoms with Gasteiger partial charge in [-0.1, -0.05) is 0 Å². The van der Waals surface area contributed by atoms with Crippen molar-refractivity contribution >= 4 is 34.2 Å². The number of rotatable bonds is 7. The van der Waals surface area contributed by atoms with Crippen LogP contribution in [-0.4, -0.2) is 35.6 Å². The molecule has 1 N–H and O–H groups in total. The topological polar surface area (TPSA) is 51.2 Å². The third-order valence-electron chi connectivity index (χ3n) is 2.39. The van der Waals surface area contributed by atoms with E-state index < -0.39 is 0 Å². The van der Waals surface area contributed by atoms with Crippen LogP contribution in [0.15, 0.2) is 0 Å². The molecule has 1 atom stereocenters. The van der Waals surface area contributed by atoms with Crippen LogP contribution in [0.3, 0.4) is 0 Å². The normalized spacial score (nSPS) is 12.2. The zero-order valence-electron chi connectivity index (χ0n) is 11.3. The highest BCUT2D eigenvalue weighted by atomic mass is 32.2. The maximum atomic E-state index is 11.6. The summed E-state index contributed by atoms with van der Waals surface area (Å²) in [4.78, 5) is 16.8. The van der Waals surface area contributed by atoms with E-state index in [0.29, 0.717) is 18.3 Å². The van der Waals surface area contributed by atoms with E-state index in [1.54, 1.807) is 6.92 Å². The molecule has 4 nitrogen and oxygen atoms in total. The largest absolute Gasteiger partial charge is 0.461 e. The molecule has 0 fully saturated rings. The summed E-state index contributed by atoms with van der Waals surface area (Å²) < 4.78 is 4.97. The summed E-state index contributed by atoms with van der Waals surface area (Å²) in [5.41, 5.74) is 0.432. The van der Waals surface area contributed by atoms with Crippen molar-refractivity contribution in [2.45, 2.75) is 33.2 Å². The molecule has 0 saturated carbocycles. The summed E-state index contributed by atoms with van der Waals surface area (Å²) in [6.07, 6.45) is 3.17. The Hall–Kier alpha value is -0.750. The number of esters is 1. The first-order valence-electron chi connectivity index (χ1n) is 5.98. The Balaban J connectivity index is 2.63. The van der Waals surface area contributed by atoms with Crippen molar-refractivity contribution in [3.63, 3.8) is 0 Å². The lowest BCUT2D eigenvalue weighted by atomic mass is 10.3. The molecule has 1 aromatic heterocycles. The van der Waals surface area contributed by atoms with Crippen LogP contribution in [0.25, 0.3) is 0 Å². The second-order valence-electron chi connectivity index (χ2n) is 3.97. The fraction of sp³-hybridized carbons (Fsp3) is 0.667. The van der Waals surface area contributed by atoms with E-state index in [9.17, 15) is 4.79 Å². The number of thiazole rings is 1. The van der Waals surface area contributed by atoms with Gasteiger partial charge in [0.1, 0.15) is 0 Å². The Bertz CT molecular complexity index is 393. The summed E-state index contributed by atoms with van der Waals surface area (Å²) in [7, 11) is 0. The first kappa shape index (κ1) is 15.3. The van der Waals surface area contributed by atoms with Gasteiger partial charge in [0.25, 0.3) is 0 Å². The van der Waals surface area contributed by atoms with Crippen LogP contribution >= 0.6 is 23.1 Å². The summed E-state index contributed by atoms with van der Waals surface area (Å²) >= 11 is 3.33. The average Bonchev–Trinajstić information content (AvgIpc) is 2.68. The molecule has 102 valence electrons. The van der Waals surface area contributed by atoms with Crippen LogP contribution in [0, 0.1) is 6.92 Å². The van der Waals surface area contributed by atoms with Crippen LogP contribution < -0.4 is 5.32 Å². The summed E-state index contributed by atoms with van der Waals surface area (Å²) in [5, 5.41) is 4.12.